The van der Waals surface area contributed by atoms with Gasteiger partial charge in [-0.2, -0.15) is 18.1 Å². The van der Waals surface area contributed by atoms with E-state index < -0.39 is 26.9 Å². The van der Waals surface area contributed by atoms with Gasteiger partial charge in [0.2, 0.25) is 5.82 Å². The molecule has 0 spiro atoms. The van der Waals surface area contributed by atoms with Gasteiger partial charge in [-0.3, -0.25) is 4.79 Å². The second-order valence-electron chi connectivity index (χ2n) is 6.74. The highest BCUT2D eigenvalue weighted by molar-refractivity contribution is 7.93. The van der Waals surface area contributed by atoms with Crippen molar-refractivity contribution in [1.29, 1.82) is 0 Å². The molecule has 0 saturated heterocycles. The van der Waals surface area contributed by atoms with E-state index in [1.165, 1.54) is 35.2 Å². The van der Waals surface area contributed by atoms with E-state index in [9.17, 15) is 17.8 Å². The first-order valence-corrected chi connectivity index (χ1v) is 11.1. The normalized spacial score (nSPS) is 13.8. The van der Waals surface area contributed by atoms with E-state index in [2.05, 4.69) is 24.0 Å². The van der Waals surface area contributed by atoms with Crippen LogP contribution in [0, 0.1) is 6.92 Å². The zero-order valence-corrected chi connectivity index (χ0v) is 17.7. The first-order valence-electron chi connectivity index (χ1n) is 8.76. The largest absolute Gasteiger partial charge is 0.400 e. The van der Waals surface area contributed by atoms with Crippen molar-refractivity contribution < 1.29 is 22.3 Å². The fraction of sp³-hybridized carbons (Fsp3) is 0.158. The third-order valence-electron chi connectivity index (χ3n) is 4.29. The molecule has 1 amide bonds. The zero-order valence-electron chi connectivity index (χ0n) is 16.1. The van der Waals surface area contributed by atoms with Gasteiger partial charge in [0, 0.05) is 29.1 Å². The van der Waals surface area contributed by atoms with E-state index in [-0.39, 0.29) is 11.5 Å². The number of hydrogen-bond acceptors (Lipinski definition) is 6. The Kier molecular flexibility index (Phi) is 5.10. The Morgan fingerprint density at radius 1 is 1.26 bits per heavy atom. The fourth-order valence-electron chi connectivity index (χ4n) is 2.79. The third-order valence-corrected chi connectivity index (χ3v) is 6.09. The standard InChI is InChI=1S/C19H14ClF2N5O3S/c1-11-4-3-5-13(8-11)31(2,29)26-17(28)14-10-27-7-6-12(9-15(27)23-14)16-24-18(30-25-16)19(20,21)22/h3-10H,1-2H3. The van der Waals surface area contributed by atoms with Gasteiger partial charge >= 0.3 is 17.2 Å². The second kappa shape index (κ2) is 7.50. The number of hydrogen-bond donors (Lipinski definition) is 0. The van der Waals surface area contributed by atoms with Crippen molar-refractivity contribution in [3.63, 3.8) is 0 Å². The smallest absolute Gasteiger partial charge is 0.331 e. The van der Waals surface area contributed by atoms with Gasteiger partial charge in [0.25, 0.3) is 0 Å². The molecule has 3 aromatic heterocycles. The van der Waals surface area contributed by atoms with Crippen LogP contribution in [0.5, 0.6) is 0 Å². The van der Waals surface area contributed by atoms with Crippen LogP contribution in [0.4, 0.5) is 8.78 Å². The lowest BCUT2D eigenvalue weighted by atomic mass is 10.2. The Morgan fingerprint density at radius 2 is 2.03 bits per heavy atom. The topological polar surface area (TPSA) is 103 Å². The molecule has 1 atom stereocenters. The minimum atomic E-state index is -3.78. The van der Waals surface area contributed by atoms with Gasteiger partial charge in [0.15, 0.2) is 0 Å². The lowest BCUT2D eigenvalue weighted by Crippen LogP contribution is -2.04. The number of rotatable bonds is 4. The van der Waals surface area contributed by atoms with Crippen LogP contribution in [0.2, 0.25) is 0 Å². The number of alkyl halides is 3. The first-order chi connectivity index (χ1) is 14.5. The summed E-state index contributed by atoms with van der Waals surface area (Å²) in [6, 6.07) is 9.94. The second-order valence-corrected chi connectivity index (χ2v) is 9.48. The van der Waals surface area contributed by atoms with E-state index >= 15 is 0 Å². The Morgan fingerprint density at radius 3 is 2.71 bits per heavy atom. The average molecular weight is 466 g/mol. The Bertz CT molecular complexity index is 1430. The van der Waals surface area contributed by atoms with E-state index in [1.54, 1.807) is 18.2 Å². The number of carbonyl (C=O) groups excluding carboxylic acids is 1. The molecule has 0 saturated carbocycles. The summed E-state index contributed by atoms with van der Waals surface area (Å²) in [5, 5.41) is -0.304. The monoisotopic (exact) mass is 465 g/mol. The molecule has 160 valence electrons. The zero-order chi connectivity index (χ0) is 22.4. The summed E-state index contributed by atoms with van der Waals surface area (Å²) < 4.78 is 49.0. The summed E-state index contributed by atoms with van der Waals surface area (Å²) in [4.78, 5) is 20.8. The average Bonchev–Trinajstić information content (AvgIpc) is 3.34. The van der Waals surface area contributed by atoms with Crippen LogP contribution < -0.4 is 0 Å². The molecular formula is C19H14ClF2N5O3S. The quantitative estimate of drug-likeness (QED) is 0.417. The van der Waals surface area contributed by atoms with Gasteiger partial charge in [-0.1, -0.05) is 17.3 Å². The van der Waals surface area contributed by atoms with E-state index in [0.29, 0.717) is 16.1 Å². The van der Waals surface area contributed by atoms with Crippen molar-refractivity contribution in [3.05, 3.63) is 65.9 Å². The van der Waals surface area contributed by atoms with E-state index in [0.717, 1.165) is 5.56 Å². The molecule has 0 radical (unpaired) electrons. The maximum Gasteiger partial charge on any atom is 0.400 e. The summed E-state index contributed by atoms with van der Waals surface area (Å²) in [7, 11) is -2.97. The van der Waals surface area contributed by atoms with Crippen molar-refractivity contribution in [3.8, 4) is 11.4 Å². The number of nitrogens with zero attached hydrogens (tertiary/aromatic N) is 5. The van der Waals surface area contributed by atoms with Crippen molar-refractivity contribution in [2.75, 3.05) is 6.26 Å². The number of halogens is 3. The fourth-order valence-corrected chi connectivity index (χ4v) is 4.12. The van der Waals surface area contributed by atoms with Crippen LogP contribution in [-0.2, 0) is 15.1 Å². The molecule has 1 aromatic carbocycles. The highest BCUT2D eigenvalue weighted by atomic mass is 35.5. The number of aryl methyl sites for hydroxylation is 1. The first kappa shape index (κ1) is 21.1. The summed E-state index contributed by atoms with van der Waals surface area (Å²) in [5.74, 6) is -1.90. The molecule has 0 aliphatic rings. The minimum absolute atomic E-state index is 0.0273. The van der Waals surface area contributed by atoms with Crippen molar-refractivity contribution >= 4 is 32.9 Å². The molecular weight excluding hydrogens is 452 g/mol. The summed E-state index contributed by atoms with van der Waals surface area (Å²) in [6.07, 6.45) is 4.34. The molecule has 4 aromatic rings. The Balaban J connectivity index is 1.67. The lowest BCUT2D eigenvalue weighted by Gasteiger charge is -2.04. The van der Waals surface area contributed by atoms with Gasteiger partial charge in [0.1, 0.15) is 11.3 Å². The van der Waals surface area contributed by atoms with Crippen LogP contribution in [0.25, 0.3) is 17.0 Å². The number of aromatic nitrogens is 4. The van der Waals surface area contributed by atoms with Gasteiger partial charge in [-0.25, -0.2) is 9.19 Å². The molecule has 4 rings (SSSR count). The number of amides is 1. The van der Waals surface area contributed by atoms with Crippen molar-refractivity contribution in [2.45, 2.75) is 17.2 Å². The van der Waals surface area contributed by atoms with E-state index in [4.69, 9.17) is 11.6 Å². The molecule has 12 heteroatoms. The van der Waals surface area contributed by atoms with Gasteiger partial charge in [-0.05, 0) is 48.4 Å². The Hall–Kier alpha value is -3.18. The Labute approximate surface area is 180 Å². The molecule has 0 N–H and O–H groups in total. The van der Waals surface area contributed by atoms with Crippen molar-refractivity contribution in [1.82, 2.24) is 19.5 Å². The molecule has 1 unspecified atom stereocenters. The van der Waals surface area contributed by atoms with Crippen LogP contribution in [0.3, 0.4) is 0 Å². The lowest BCUT2D eigenvalue weighted by molar-refractivity contribution is 0.0551. The highest BCUT2D eigenvalue weighted by Crippen LogP contribution is 2.32. The molecule has 0 aliphatic carbocycles. The van der Waals surface area contributed by atoms with Gasteiger partial charge < -0.3 is 8.92 Å². The SMILES string of the molecule is Cc1cccc(S(C)(=O)=NC(=O)c2cn3ccc(-c4noc(C(F)(F)Cl)n4)cc3n2)c1. The van der Waals surface area contributed by atoms with Crippen molar-refractivity contribution in [2.24, 2.45) is 4.36 Å². The predicted molar refractivity (Wildman–Crippen MR) is 109 cm³/mol. The maximum absolute atomic E-state index is 13.1. The van der Waals surface area contributed by atoms with Gasteiger partial charge in [0.05, 0.1) is 9.73 Å². The number of pyridine rings is 1. The summed E-state index contributed by atoms with van der Waals surface area (Å²) >= 11 is 4.88. The number of benzene rings is 1. The van der Waals surface area contributed by atoms with Crippen LogP contribution >= 0.6 is 11.6 Å². The molecule has 0 fully saturated rings. The molecule has 31 heavy (non-hydrogen) atoms. The van der Waals surface area contributed by atoms with Crippen LogP contribution in [0.15, 0.2) is 62.6 Å². The number of imidazole rings is 1. The maximum atomic E-state index is 13.1. The molecule has 0 bridgehead atoms. The minimum Gasteiger partial charge on any atom is -0.331 e. The molecule has 0 aliphatic heterocycles. The van der Waals surface area contributed by atoms with Crippen LogP contribution in [0.1, 0.15) is 21.9 Å². The number of fused-ring (bicyclic) bond motifs is 1. The highest BCUT2D eigenvalue weighted by Gasteiger charge is 2.35. The third kappa shape index (κ3) is 4.32. The van der Waals surface area contributed by atoms with Gasteiger partial charge in [-0.15, -0.1) is 0 Å². The van der Waals surface area contributed by atoms with Crippen LogP contribution in [-0.4, -0.2) is 35.9 Å². The molecule has 8 nitrogen and oxygen atoms in total. The predicted octanol–water partition coefficient (Wildman–Crippen LogP) is 4.28. The molecule has 3 heterocycles. The summed E-state index contributed by atoms with van der Waals surface area (Å²) in [5.41, 5.74) is 1.49. The summed E-state index contributed by atoms with van der Waals surface area (Å²) in [6.45, 7) is 1.85. The van der Waals surface area contributed by atoms with E-state index in [1.807, 2.05) is 13.0 Å². The number of carbonyl (C=O) groups is 1.